The molecule has 3 rings (SSSR count). The minimum atomic E-state index is -0.931. The van der Waals surface area contributed by atoms with Gasteiger partial charge in [0, 0.05) is 17.5 Å². The molecule has 1 aliphatic heterocycles. The summed E-state index contributed by atoms with van der Waals surface area (Å²) in [4.78, 5) is 38.2. The van der Waals surface area contributed by atoms with Crippen molar-refractivity contribution in [3.8, 4) is 22.6 Å². The molecule has 0 aromatic heterocycles. The molecule has 176 valence electrons. The number of carbonyl (C=O) groups excluding carboxylic acids is 3. The molecule has 0 aliphatic carbocycles. The number of esters is 1. The Morgan fingerprint density at radius 1 is 0.939 bits per heavy atom. The van der Waals surface area contributed by atoms with Gasteiger partial charge in [0.25, 0.3) is 0 Å². The monoisotopic (exact) mass is 455 g/mol. The highest BCUT2D eigenvalue weighted by Crippen LogP contribution is 2.39. The molecule has 1 aliphatic rings. The third kappa shape index (κ3) is 5.09. The van der Waals surface area contributed by atoms with Gasteiger partial charge in [-0.15, -0.1) is 0 Å². The van der Waals surface area contributed by atoms with E-state index in [2.05, 4.69) is 16.0 Å². The number of rotatable bonds is 4. The molecule has 1 heterocycles. The zero-order chi connectivity index (χ0) is 24.1. The van der Waals surface area contributed by atoms with Crippen LogP contribution in [0.2, 0.25) is 0 Å². The molecule has 9 heteroatoms. The molecule has 2 aromatic rings. The summed E-state index contributed by atoms with van der Waals surface area (Å²) >= 11 is 0. The lowest BCUT2D eigenvalue weighted by atomic mass is 9.94. The molecule has 0 spiro atoms. The molecule has 3 N–H and O–H groups in total. The van der Waals surface area contributed by atoms with E-state index in [1.807, 2.05) is 18.2 Å². The molecular formula is C24H29N3O6. The Morgan fingerprint density at radius 3 is 2.18 bits per heavy atom. The number of benzene rings is 2. The zero-order valence-electron chi connectivity index (χ0n) is 19.4. The number of hydrogen-bond donors (Lipinski definition) is 3. The third-order valence-corrected chi connectivity index (χ3v) is 5.66. The Labute approximate surface area is 192 Å². The van der Waals surface area contributed by atoms with Crippen molar-refractivity contribution in [1.29, 1.82) is 0 Å². The zero-order valence-corrected chi connectivity index (χ0v) is 19.4. The highest BCUT2D eigenvalue weighted by molar-refractivity contribution is 5.92. The Morgan fingerprint density at radius 2 is 1.58 bits per heavy atom. The van der Waals surface area contributed by atoms with Gasteiger partial charge in [0.15, 0.2) is 0 Å². The fourth-order valence-electron chi connectivity index (χ4n) is 3.89. The number of ether oxygens (including phenoxy) is 3. The van der Waals surface area contributed by atoms with Crippen LogP contribution in [0.5, 0.6) is 11.5 Å². The first-order chi connectivity index (χ1) is 15.8. The van der Waals surface area contributed by atoms with E-state index < -0.39 is 30.0 Å². The van der Waals surface area contributed by atoms with Crippen LogP contribution in [0.1, 0.15) is 24.1 Å². The van der Waals surface area contributed by atoms with E-state index in [4.69, 9.17) is 14.2 Å². The maximum absolute atomic E-state index is 13.0. The van der Waals surface area contributed by atoms with Crippen LogP contribution in [0.25, 0.3) is 11.1 Å². The van der Waals surface area contributed by atoms with Crippen molar-refractivity contribution in [2.24, 2.45) is 0 Å². The van der Waals surface area contributed by atoms with Gasteiger partial charge in [0.05, 0.1) is 21.3 Å². The predicted molar refractivity (Wildman–Crippen MR) is 122 cm³/mol. The van der Waals surface area contributed by atoms with Crippen molar-refractivity contribution in [3.63, 3.8) is 0 Å². The molecule has 0 radical (unpaired) electrons. The van der Waals surface area contributed by atoms with Crippen LogP contribution in [0.4, 0.5) is 0 Å². The number of nitrogens with one attached hydrogen (secondary N) is 3. The van der Waals surface area contributed by atoms with E-state index in [-0.39, 0.29) is 12.3 Å². The van der Waals surface area contributed by atoms with Crippen molar-refractivity contribution in [3.05, 3.63) is 47.5 Å². The smallest absolute Gasteiger partial charge is 0.328 e. The molecule has 4 bridgehead atoms. The van der Waals surface area contributed by atoms with Gasteiger partial charge in [-0.3, -0.25) is 9.59 Å². The van der Waals surface area contributed by atoms with Crippen molar-refractivity contribution in [2.45, 2.75) is 31.5 Å². The second kappa shape index (κ2) is 10.4. The number of methoxy groups -OCH3 is 3. The topological polar surface area (TPSA) is 115 Å². The Bertz CT molecular complexity index is 1050. The normalized spacial score (nSPS) is 20.7. The van der Waals surface area contributed by atoms with Crippen molar-refractivity contribution >= 4 is 17.8 Å². The maximum atomic E-state index is 13.0. The minimum Gasteiger partial charge on any atom is -0.496 e. The molecule has 3 unspecified atom stereocenters. The average molecular weight is 456 g/mol. The molecule has 0 saturated heterocycles. The van der Waals surface area contributed by atoms with E-state index >= 15 is 0 Å². The van der Waals surface area contributed by atoms with Crippen LogP contribution in [0.3, 0.4) is 0 Å². The van der Waals surface area contributed by atoms with Gasteiger partial charge in [-0.05, 0) is 49.4 Å². The highest BCUT2D eigenvalue weighted by atomic mass is 16.5. The number of amides is 2. The summed E-state index contributed by atoms with van der Waals surface area (Å²) in [6.07, 6.45) is 0.192. The lowest BCUT2D eigenvalue weighted by Gasteiger charge is -2.24. The average Bonchev–Trinajstić information content (AvgIpc) is 2.82. The number of carbonyl (C=O) groups is 3. The van der Waals surface area contributed by atoms with Crippen LogP contribution in [0.15, 0.2) is 36.4 Å². The molecule has 0 saturated carbocycles. The lowest BCUT2D eigenvalue weighted by molar-refractivity contribution is -0.145. The molecule has 33 heavy (non-hydrogen) atoms. The van der Waals surface area contributed by atoms with Gasteiger partial charge < -0.3 is 30.2 Å². The molecule has 9 nitrogen and oxygen atoms in total. The first-order valence-corrected chi connectivity index (χ1v) is 10.5. The molecule has 2 amide bonds. The molecular weight excluding hydrogens is 426 g/mol. The van der Waals surface area contributed by atoms with Gasteiger partial charge in [-0.1, -0.05) is 12.1 Å². The summed E-state index contributed by atoms with van der Waals surface area (Å²) in [6.45, 7) is 1.56. The first-order valence-electron chi connectivity index (χ1n) is 10.5. The summed E-state index contributed by atoms with van der Waals surface area (Å²) in [5, 5.41) is 8.39. The SMILES string of the molecule is CNC1C(=O)NC(C)C(=O)NC(C(=O)OC)Cc2ccc(OC)c(c2)-c2cc1ccc2OC. The Hall–Kier alpha value is -3.59. The van der Waals surface area contributed by atoms with Gasteiger partial charge in [-0.25, -0.2) is 4.79 Å². The molecule has 2 aromatic carbocycles. The Kier molecular flexibility index (Phi) is 7.55. The van der Waals surface area contributed by atoms with Gasteiger partial charge >= 0.3 is 5.97 Å². The van der Waals surface area contributed by atoms with Crippen molar-refractivity contribution < 1.29 is 28.6 Å². The quantitative estimate of drug-likeness (QED) is 0.596. The van der Waals surface area contributed by atoms with Crippen molar-refractivity contribution in [1.82, 2.24) is 16.0 Å². The van der Waals surface area contributed by atoms with E-state index in [1.165, 1.54) is 7.11 Å². The fourth-order valence-corrected chi connectivity index (χ4v) is 3.89. The highest BCUT2D eigenvalue weighted by Gasteiger charge is 2.29. The lowest BCUT2D eigenvalue weighted by Crippen LogP contribution is -2.52. The van der Waals surface area contributed by atoms with Gasteiger partial charge in [0.1, 0.15) is 29.6 Å². The van der Waals surface area contributed by atoms with Crippen LogP contribution in [0, 0.1) is 0 Å². The molecule has 3 atom stereocenters. The van der Waals surface area contributed by atoms with Crippen LogP contribution < -0.4 is 25.4 Å². The van der Waals surface area contributed by atoms with Crippen LogP contribution in [-0.2, 0) is 25.5 Å². The van der Waals surface area contributed by atoms with Crippen LogP contribution in [-0.4, -0.2) is 58.2 Å². The molecule has 0 fully saturated rings. The van der Waals surface area contributed by atoms with E-state index in [1.54, 1.807) is 46.4 Å². The van der Waals surface area contributed by atoms with Crippen LogP contribution >= 0.6 is 0 Å². The number of hydrogen-bond acceptors (Lipinski definition) is 7. The largest absolute Gasteiger partial charge is 0.496 e. The second-order valence-electron chi connectivity index (χ2n) is 7.73. The predicted octanol–water partition coefficient (Wildman–Crippen LogP) is 1.35. The minimum absolute atomic E-state index is 0.192. The number of fused-ring (bicyclic) bond motifs is 5. The van der Waals surface area contributed by atoms with E-state index in [0.717, 1.165) is 16.7 Å². The number of likely N-dealkylation sites (N-methyl/N-ethyl adjacent to an activating group) is 1. The second-order valence-corrected chi connectivity index (χ2v) is 7.73. The van der Waals surface area contributed by atoms with Crippen molar-refractivity contribution in [2.75, 3.05) is 28.4 Å². The third-order valence-electron chi connectivity index (χ3n) is 5.66. The first kappa shape index (κ1) is 24.1. The maximum Gasteiger partial charge on any atom is 0.328 e. The van der Waals surface area contributed by atoms with Gasteiger partial charge in [0.2, 0.25) is 11.8 Å². The summed E-state index contributed by atoms with van der Waals surface area (Å²) in [5.74, 6) is -0.265. The van der Waals surface area contributed by atoms with Gasteiger partial charge in [-0.2, -0.15) is 0 Å². The summed E-state index contributed by atoms with van der Waals surface area (Å²) < 4.78 is 16.1. The Balaban J connectivity index is 2.23. The van der Waals surface area contributed by atoms with E-state index in [9.17, 15) is 14.4 Å². The summed E-state index contributed by atoms with van der Waals surface area (Å²) in [5.41, 5.74) is 2.93. The van der Waals surface area contributed by atoms with E-state index in [0.29, 0.717) is 17.1 Å². The standard InChI is InChI=1S/C24H29N3O6/c1-13-22(28)27-18(24(30)33-5)11-14-6-8-19(31-3)16(10-14)17-12-15(7-9-20(17)32-4)21(25-2)23(29)26-13/h6-10,12-13,18,21,25H,11H2,1-5H3,(H,26,29)(H,27,28). The summed E-state index contributed by atoms with van der Waals surface area (Å²) in [7, 11) is 6.06. The summed E-state index contributed by atoms with van der Waals surface area (Å²) in [6, 6.07) is 8.42. The fraction of sp³-hybridized carbons (Fsp3) is 0.375.